The van der Waals surface area contributed by atoms with Crippen molar-refractivity contribution < 1.29 is 9.59 Å². The zero-order chi connectivity index (χ0) is 17.4. The molecular weight excluding hydrogens is 324 g/mol. The highest BCUT2D eigenvalue weighted by Crippen LogP contribution is 2.31. The van der Waals surface area contributed by atoms with Crippen molar-refractivity contribution in [2.45, 2.75) is 20.8 Å². The van der Waals surface area contributed by atoms with Crippen LogP contribution in [-0.2, 0) is 9.59 Å². The molecule has 1 aliphatic rings. The summed E-state index contributed by atoms with van der Waals surface area (Å²) in [5.74, 6) is -0.966. The third kappa shape index (κ3) is 2.81. The molecular formula is C19H17ClN2O2. The van der Waals surface area contributed by atoms with Crippen LogP contribution < -0.4 is 10.2 Å². The van der Waals surface area contributed by atoms with Crippen molar-refractivity contribution >= 4 is 34.8 Å². The number of imide groups is 1. The molecule has 0 aromatic heterocycles. The van der Waals surface area contributed by atoms with Crippen LogP contribution in [0.3, 0.4) is 0 Å². The Bertz CT molecular complexity index is 869. The Kier molecular flexibility index (Phi) is 4.16. The number of anilines is 2. The van der Waals surface area contributed by atoms with Crippen molar-refractivity contribution in [1.82, 2.24) is 0 Å². The highest BCUT2D eigenvalue weighted by molar-refractivity contribution is 6.53. The molecule has 0 atom stereocenters. The summed E-state index contributed by atoms with van der Waals surface area (Å²) in [6.07, 6.45) is 0. The first-order valence-electron chi connectivity index (χ1n) is 7.58. The average molecular weight is 341 g/mol. The summed E-state index contributed by atoms with van der Waals surface area (Å²) >= 11 is 6.14. The number of nitrogens with one attached hydrogen (secondary N) is 1. The van der Waals surface area contributed by atoms with Crippen LogP contribution in [0.25, 0.3) is 0 Å². The van der Waals surface area contributed by atoms with E-state index in [2.05, 4.69) is 5.32 Å². The van der Waals surface area contributed by atoms with Gasteiger partial charge >= 0.3 is 0 Å². The van der Waals surface area contributed by atoms with E-state index in [1.165, 1.54) is 0 Å². The van der Waals surface area contributed by atoms with E-state index >= 15 is 0 Å². The Morgan fingerprint density at radius 3 is 2.12 bits per heavy atom. The van der Waals surface area contributed by atoms with Gasteiger partial charge in [-0.1, -0.05) is 47.0 Å². The van der Waals surface area contributed by atoms with Crippen LogP contribution in [0.2, 0.25) is 0 Å². The number of nitrogens with zero attached hydrogens (tertiary/aromatic N) is 1. The Morgan fingerprint density at radius 2 is 1.50 bits per heavy atom. The van der Waals surface area contributed by atoms with E-state index in [0.29, 0.717) is 5.69 Å². The van der Waals surface area contributed by atoms with E-state index < -0.39 is 11.8 Å². The lowest BCUT2D eigenvalue weighted by Gasteiger charge is -2.16. The highest BCUT2D eigenvalue weighted by atomic mass is 35.5. The van der Waals surface area contributed by atoms with Gasteiger partial charge in [0.2, 0.25) is 0 Å². The zero-order valence-electron chi connectivity index (χ0n) is 13.7. The van der Waals surface area contributed by atoms with Gasteiger partial charge in [0.25, 0.3) is 11.8 Å². The molecule has 3 rings (SSSR count). The number of rotatable bonds is 3. The minimum absolute atomic E-state index is 0.0967. The van der Waals surface area contributed by atoms with E-state index in [4.69, 9.17) is 11.6 Å². The maximum absolute atomic E-state index is 12.7. The van der Waals surface area contributed by atoms with Crippen LogP contribution in [0.1, 0.15) is 16.7 Å². The summed E-state index contributed by atoms with van der Waals surface area (Å²) in [4.78, 5) is 26.2. The molecule has 2 amide bonds. The van der Waals surface area contributed by atoms with Crippen LogP contribution in [0.15, 0.2) is 53.2 Å². The van der Waals surface area contributed by atoms with Gasteiger partial charge in [-0.15, -0.1) is 0 Å². The molecule has 0 bridgehead atoms. The SMILES string of the molecule is Cc1ccc(N2C(=O)C(Cl)=C(Nc3ccc(C)cc3C)C2=O)cc1. The number of carbonyl (C=O) groups is 2. The standard InChI is InChI=1S/C19H17ClN2O2/c1-11-4-7-14(8-5-11)22-18(23)16(20)17(19(22)24)21-15-9-6-12(2)10-13(15)3/h4-10,21H,1-3H3. The molecule has 0 unspecified atom stereocenters. The highest BCUT2D eigenvalue weighted by Gasteiger charge is 2.38. The molecule has 2 aromatic rings. The Hall–Kier alpha value is -2.59. The van der Waals surface area contributed by atoms with Gasteiger partial charge in [0.05, 0.1) is 5.69 Å². The summed E-state index contributed by atoms with van der Waals surface area (Å²) in [6.45, 7) is 5.87. The van der Waals surface area contributed by atoms with Gasteiger partial charge in [-0.05, 0) is 44.5 Å². The summed E-state index contributed by atoms with van der Waals surface area (Å²) in [7, 11) is 0. The number of aryl methyl sites for hydroxylation is 3. The van der Waals surface area contributed by atoms with Crippen LogP contribution in [0, 0.1) is 20.8 Å². The number of hydrogen-bond donors (Lipinski definition) is 1. The number of benzene rings is 2. The molecule has 0 spiro atoms. The summed E-state index contributed by atoms with van der Waals surface area (Å²) in [5, 5.41) is 2.92. The topological polar surface area (TPSA) is 49.4 Å². The fourth-order valence-electron chi connectivity index (χ4n) is 2.63. The normalized spacial score (nSPS) is 14.6. The Balaban J connectivity index is 1.93. The third-order valence-electron chi connectivity index (χ3n) is 3.96. The molecule has 5 heteroatoms. The van der Waals surface area contributed by atoms with E-state index in [0.717, 1.165) is 27.3 Å². The molecule has 24 heavy (non-hydrogen) atoms. The molecule has 0 saturated heterocycles. The first kappa shape index (κ1) is 16.3. The smallest absolute Gasteiger partial charge is 0.283 e. The molecule has 1 heterocycles. The monoisotopic (exact) mass is 340 g/mol. The fourth-order valence-corrected chi connectivity index (χ4v) is 2.84. The van der Waals surface area contributed by atoms with E-state index in [1.807, 2.05) is 51.1 Å². The minimum atomic E-state index is -0.516. The number of carbonyl (C=O) groups excluding carboxylic acids is 2. The van der Waals surface area contributed by atoms with Crippen molar-refractivity contribution in [3.63, 3.8) is 0 Å². The van der Waals surface area contributed by atoms with Gasteiger partial charge < -0.3 is 5.32 Å². The van der Waals surface area contributed by atoms with Crippen LogP contribution >= 0.6 is 11.6 Å². The van der Waals surface area contributed by atoms with E-state index in [1.54, 1.807) is 12.1 Å². The molecule has 0 saturated carbocycles. The van der Waals surface area contributed by atoms with Gasteiger partial charge in [0.1, 0.15) is 10.7 Å². The summed E-state index contributed by atoms with van der Waals surface area (Å²) in [6, 6.07) is 13.0. The lowest BCUT2D eigenvalue weighted by molar-refractivity contribution is -0.120. The molecule has 0 fully saturated rings. The van der Waals surface area contributed by atoms with Gasteiger partial charge in [0, 0.05) is 5.69 Å². The Labute approximate surface area is 145 Å². The molecule has 0 aliphatic carbocycles. The number of hydrogen-bond acceptors (Lipinski definition) is 3. The van der Waals surface area contributed by atoms with Crippen molar-refractivity contribution in [2.75, 3.05) is 10.2 Å². The fraction of sp³-hybridized carbons (Fsp3) is 0.158. The summed E-state index contributed by atoms with van der Waals surface area (Å²) in [5.41, 5.74) is 4.50. The van der Waals surface area contributed by atoms with Crippen molar-refractivity contribution in [3.05, 3.63) is 69.9 Å². The van der Waals surface area contributed by atoms with Crippen LogP contribution in [0.5, 0.6) is 0 Å². The van der Waals surface area contributed by atoms with Crippen molar-refractivity contribution in [2.24, 2.45) is 0 Å². The molecule has 122 valence electrons. The second-order valence-electron chi connectivity index (χ2n) is 5.91. The van der Waals surface area contributed by atoms with E-state index in [9.17, 15) is 9.59 Å². The van der Waals surface area contributed by atoms with Crippen LogP contribution in [0.4, 0.5) is 11.4 Å². The lowest BCUT2D eigenvalue weighted by atomic mass is 10.1. The predicted octanol–water partition coefficient (Wildman–Crippen LogP) is 4.05. The van der Waals surface area contributed by atoms with Gasteiger partial charge in [-0.2, -0.15) is 0 Å². The van der Waals surface area contributed by atoms with Crippen molar-refractivity contribution in [3.8, 4) is 0 Å². The molecule has 1 N–H and O–H groups in total. The number of halogens is 1. The largest absolute Gasteiger partial charge is 0.349 e. The lowest BCUT2D eigenvalue weighted by Crippen LogP contribution is -2.32. The predicted molar refractivity (Wildman–Crippen MR) is 96.1 cm³/mol. The first-order chi connectivity index (χ1) is 11.4. The van der Waals surface area contributed by atoms with Gasteiger partial charge in [0.15, 0.2) is 0 Å². The summed E-state index contributed by atoms with van der Waals surface area (Å²) < 4.78 is 0. The van der Waals surface area contributed by atoms with Gasteiger partial charge in [-0.3, -0.25) is 9.59 Å². The maximum Gasteiger partial charge on any atom is 0.283 e. The zero-order valence-corrected chi connectivity index (χ0v) is 14.4. The third-order valence-corrected chi connectivity index (χ3v) is 4.31. The van der Waals surface area contributed by atoms with E-state index in [-0.39, 0.29) is 10.7 Å². The molecule has 2 aromatic carbocycles. The molecule has 0 radical (unpaired) electrons. The molecule has 4 nitrogen and oxygen atoms in total. The second-order valence-corrected chi connectivity index (χ2v) is 6.29. The van der Waals surface area contributed by atoms with Gasteiger partial charge in [-0.25, -0.2) is 4.90 Å². The Morgan fingerprint density at radius 1 is 0.875 bits per heavy atom. The second kappa shape index (κ2) is 6.13. The van der Waals surface area contributed by atoms with Crippen LogP contribution in [-0.4, -0.2) is 11.8 Å². The molecule has 1 aliphatic heterocycles. The maximum atomic E-state index is 12.7. The first-order valence-corrected chi connectivity index (χ1v) is 7.96. The average Bonchev–Trinajstić information content (AvgIpc) is 2.74. The quantitative estimate of drug-likeness (QED) is 0.858. The number of amides is 2. The van der Waals surface area contributed by atoms with Crippen molar-refractivity contribution in [1.29, 1.82) is 0 Å². The minimum Gasteiger partial charge on any atom is -0.349 e.